The van der Waals surface area contributed by atoms with Gasteiger partial charge in [0.1, 0.15) is 11.4 Å². The fourth-order valence-corrected chi connectivity index (χ4v) is 8.13. The zero-order valence-electron chi connectivity index (χ0n) is 31.1. The van der Waals surface area contributed by atoms with Crippen molar-refractivity contribution in [2.24, 2.45) is 5.73 Å². The van der Waals surface area contributed by atoms with Crippen molar-refractivity contribution in [2.75, 3.05) is 71.5 Å². The first-order chi connectivity index (χ1) is 26.3. The molecular formula is C39H47N7O7S2. The summed E-state index contributed by atoms with van der Waals surface area (Å²) in [6.07, 6.45) is 1.48. The number of nitrogens with one attached hydrogen (secondary N) is 2. The third-order valence-corrected chi connectivity index (χ3v) is 11.8. The van der Waals surface area contributed by atoms with E-state index in [-0.39, 0.29) is 17.3 Å². The van der Waals surface area contributed by atoms with Crippen LogP contribution in [-0.4, -0.2) is 112 Å². The van der Waals surface area contributed by atoms with Crippen LogP contribution in [0.4, 0.5) is 16.2 Å². The second-order valence-corrected chi connectivity index (χ2v) is 16.2. The molecule has 4 aromatic rings. The Labute approximate surface area is 326 Å². The van der Waals surface area contributed by atoms with Crippen LogP contribution in [0.25, 0.3) is 11.1 Å². The summed E-state index contributed by atoms with van der Waals surface area (Å²) in [6, 6.07) is 25.2. The van der Waals surface area contributed by atoms with E-state index >= 15 is 0 Å². The topological polar surface area (TPSA) is 180 Å². The number of thioether (sulfide) groups is 1. The zero-order valence-corrected chi connectivity index (χ0v) is 32.8. The average Bonchev–Trinajstić information content (AvgIpc) is 3.18. The molecule has 5 rings (SSSR count). The van der Waals surface area contributed by atoms with Crippen LogP contribution in [0.5, 0.6) is 5.75 Å². The average molecular weight is 790 g/mol. The molecule has 0 bridgehead atoms. The van der Waals surface area contributed by atoms with Crippen LogP contribution >= 0.6 is 11.8 Å². The molecule has 292 valence electrons. The van der Waals surface area contributed by atoms with Crippen molar-refractivity contribution < 1.29 is 27.7 Å². The van der Waals surface area contributed by atoms with Crippen LogP contribution in [0.2, 0.25) is 0 Å². The summed E-state index contributed by atoms with van der Waals surface area (Å²) in [5.74, 6) is 0.397. The maximum Gasteiger partial charge on any atom is 0.314 e. The van der Waals surface area contributed by atoms with Crippen molar-refractivity contribution in [1.29, 1.82) is 0 Å². The number of hydrogen-bond acceptors (Lipinski definition) is 11. The Kier molecular flexibility index (Phi) is 14.1. The highest BCUT2D eigenvalue weighted by atomic mass is 32.2. The smallest absolute Gasteiger partial charge is 0.314 e. The zero-order chi connectivity index (χ0) is 39.5. The Hall–Kier alpha value is -5.16. The summed E-state index contributed by atoms with van der Waals surface area (Å²) in [5, 5.41) is 15.4. The van der Waals surface area contributed by atoms with Gasteiger partial charge in [0, 0.05) is 66.6 Å². The molecule has 0 spiro atoms. The van der Waals surface area contributed by atoms with Gasteiger partial charge in [0.15, 0.2) is 0 Å². The standard InChI is InChI=1S/C39H47N7O7S2/c1-43(2)19-18-31(27-54-32-7-5-4-6-8-32)41-35-16-14-33(26-36(35)46(49)50)55(51,52)42-38(47)30-12-10-29(11-13-30)34-15-9-28(25-37(34)53-3)17-20-44-21-23-45(24-22-44)39(40)48/h4-16,25-26,31,41H,17-24,27H2,1-3H3,(H2,40,48)(H,42,47)/t31-/m1/s1. The van der Waals surface area contributed by atoms with Gasteiger partial charge in [0.05, 0.1) is 16.9 Å². The molecule has 1 fully saturated rings. The molecule has 1 saturated heterocycles. The van der Waals surface area contributed by atoms with Crippen LogP contribution in [-0.2, 0) is 16.4 Å². The van der Waals surface area contributed by atoms with E-state index in [4.69, 9.17) is 10.5 Å². The normalized spacial score (nSPS) is 14.0. The van der Waals surface area contributed by atoms with Crippen molar-refractivity contribution in [2.45, 2.75) is 28.7 Å². The van der Waals surface area contributed by atoms with Crippen molar-refractivity contribution in [3.63, 3.8) is 0 Å². The molecule has 0 aliphatic carbocycles. The van der Waals surface area contributed by atoms with Gasteiger partial charge in [-0.05, 0) is 87.1 Å². The summed E-state index contributed by atoms with van der Waals surface area (Å²) < 4.78 is 34.4. The van der Waals surface area contributed by atoms with E-state index < -0.39 is 37.5 Å². The minimum Gasteiger partial charge on any atom is -0.496 e. The SMILES string of the molecule is COc1cc(CCN2CCN(C(N)=O)CC2)ccc1-c1ccc(C(=O)NS(=O)(=O)c2ccc(N[C@H](CCN(C)C)CSc3ccccc3)c([N+](=O)[O-])c2)cc1. The van der Waals surface area contributed by atoms with E-state index in [9.17, 15) is 28.1 Å². The molecule has 55 heavy (non-hydrogen) atoms. The molecule has 16 heteroatoms. The fourth-order valence-electron chi connectivity index (χ4n) is 6.15. The molecule has 0 unspecified atom stereocenters. The third kappa shape index (κ3) is 11.4. The summed E-state index contributed by atoms with van der Waals surface area (Å²) in [6.45, 7) is 4.30. The molecule has 0 radical (unpaired) electrons. The highest BCUT2D eigenvalue weighted by molar-refractivity contribution is 7.99. The van der Waals surface area contributed by atoms with Gasteiger partial charge in [-0.1, -0.05) is 42.5 Å². The van der Waals surface area contributed by atoms with E-state index in [1.165, 1.54) is 24.3 Å². The second-order valence-electron chi connectivity index (χ2n) is 13.5. The van der Waals surface area contributed by atoms with Gasteiger partial charge in [-0.15, -0.1) is 11.8 Å². The molecule has 3 amide bonds. The number of hydrogen-bond donors (Lipinski definition) is 3. The number of nitrogens with two attached hydrogens (primary N) is 1. The minimum absolute atomic E-state index is 0.0896. The molecule has 1 atom stereocenters. The third-order valence-electron chi connectivity index (χ3n) is 9.31. The molecular weight excluding hydrogens is 743 g/mol. The predicted molar refractivity (Wildman–Crippen MR) is 215 cm³/mol. The molecule has 14 nitrogen and oxygen atoms in total. The number of piperazine rings is 1. The lowest BCUT2D eigenvalue weighted by Gasteiger charge is -2.33. The summed E-state index contributed by atoms with van der Waals surface area (Å²) in [4.78, 5) is 42.7. The minimum atomic E-state index is -4.46. The molecule has 1 aliphatic heterocycles. The number of carbonyl (C=O) groups excluding carboxylic acids is 2. The fraction of sp³-hybridized carbons (Fsp3) is 0.333. The number of nitro benzene ring substituents is 1. The van der Waals surface area contributed by atoms with Crippen LogP contribution in [0.3, 0.4) is 0 Å². The summed E-state index contributed by atoms with van der Waals surface area (Å²) in [7, 11) is 1.02. The molecule has 0 aromatic heterocycles. The molecule has 4 N–H and O–H groups in total. The maximum absolute atomic E-state index is 13.3. The Balaban J connectivity index is 1.23. The van der Waals surface area contributed by atoms with Gasteiger partial charge < -0.3 is 25.6 Å². The van der Waals surface area contributed by atoms with Crippen molar-refractivity contribution in [1.82, 2.24) is 19.4 Å². The number of methoxy groups -OCH3 is 1. The quantitative estimate of drug-likeness (QED) is 0.0732. The molecule has 1 heterocycles. The first kappa shape index (κ1) is 41.0. The number of rotatable bonds is 17. The Morgan fingerprint density at radius 2 is 1.69 bits per heavy atom. The van der Waals surface area contributed by atoms with E-state index in [2.05, 4.69) is 14.9 Å². The number of anilines is 1. The monoisotopic (exact) mass is 789 g/mol. The van der Waals surface area contributed by atoms with Gasteiger partial charge in [0.2, 0.25) is 0 Å². The van der Waals surface area contributed by atoms with E-state index in [0.717, 1.165) is 60.3 Å². The number of carbonyl (C=O) groups is 2. The van der Waals surface area contributed by atoms with Crippen molar-refractivity contribution in [3.05, 3.63) is 112 Å². The maximum atomic E-state index is 13.3. The van der Waals surface area contributed by atoms with E-state index in [0.29, 0.717) is 31.0 Å². The predicted octanol–water partition coefficient (Wildman–Crippen LogP) is 5.15. The van der Waals surface area contributed by atoms with Gasteiger partial charge in [-0.3, -0.25) is 19.8 Å². The second kappa shape index (κ2) is 18.9. The highest BCUT2D eigenvalue weighted by Crippen LogP contribution is 2.32. The Morgan fingerprint density at radius 1 is 0.982 bits per heavy atom. The number of amides is 3. The van der Waals surface area contributed by atoms with Crippen LogP contribution in [0.1, 0.15) is 22.3 Å². The molecule has 0 saturated carbocycles. The first-order valence-corrected chi connectivity index (χ1v) is 20.3. The van der Waals surface area contributed by atoms with E-state index in [1.54, 1.807) is 35.9 Å². The lowest BCUT2D eigenvalue weighted by molar-refractivity contribution is -0.384. The van der Waals surface area contributed by atoms with Crippen LogP contribution < -0.4 is 20.5 Å². The Bertz CT molecular complexity index is 2060. The van der Waals surface area contributed by atoms with Gasteiger partial charge in [-0.2, -0.15) is 0 Å². The van der Waals surface area contributed by atoms with Gasteiger partial charge in [-0.25, -0.2) is 17.9 Å². The number of ether oxygens (including phenoxy) is 1. The van der Waals surface area contributed by atoms with Gasteiger partial charge in [0.25, 0.3) is 21.6 Å². The number of nitro groups is 1. The van der Waals surface area contributed by atoms with Crippen LogP contribution in [0.15, 0.2) is 101 Å². The molecule has 4 aromatic carbocycles. The van der Waals surface area contributed by atoms with Gasteiger partial charge >= 0.3 is 6.03 Å². The lowest BCUT2D eigenvalue weighted by Crippen LogP contribution is -2.50. The number of sulfonamides is 1. The van der Waals surface area contributed by atoms with E-state index in [1.807, 2.05) is 67.5 Å². The number of primary amides is 1. The summed E-state index contributed by atoms with van der Waals surface area (Å²) >= 11 is 1.62. The lowest BCUT2D eigenvalue weighted by atomic mass is 10.00. The largest absolute Gasteiger partial charge is 0.496 e. The summed E-state index contributed by atoms with van der Waals surface area (Å²) in [5.41, 5.74) is 7.88. The van der Waals surface area contributed by atoms with Crippen molar-refractivity contribution in [3.8, 4) is 16.9 Å². The van der Waals surface area contributed by atoms with Crippen molar-refractivity contribution >= 4 is 45.1 Å². The Morgan fingerprint density at radius 3 is 2.33 bits per heavy atom. The first-order valence-electron chi connectivity index (χ1n) is 17.8. The van der Waals surface area contributed by atoms with Crippen LogP contribution in [0, 0.1) is 10.1 Å². The molecule has 1 aliphatic rings. The highest BCUT2D eigenvalue weighted by Gasteiger charge is 2.25. The number of nitrogens with zero attached hydrogens (tertiary/aromatic N) is 4. The number of urea groups is 1. The number of benzene rings is 4.